The summed E-state index contributed by atoms with van der Waals surface area (Å²) in [4.78, 5) is 16.0. The van der Waals surface area contributed by atoms with Gasteiger partial charge in [-0.3, -0.25) is 9.79 Å². The van der Waals surface area contributed by atoms with E-state index in [0.29, 0.717) is 24.1 Å². The Balaban J connectivity index is 1.76. The fraction of sp³-hybridized carbons (Fsp3) is 0.263. The molecule has 0 aromatic heterocycles. The van der Waals surface area contributed by atoms with Gasteiger partial charge in [0.2, 0.25) is 5.91 Å². The number of aliphatic imine (C=N–C) groups is 1. The first-order valence-electron chi connectivity index (χ1n) is 8.13. The van der Waals surface area contributed by atoms with Crippen molar-refractivity contribution in [3.8, 4) is 0 Å². The van der Waals surface area contributed by atoms with Crippen LogP contribution in [0.1, 0.15) is 18.4 Å². The van der Waals surface area contributed by atoms with Crippen molar-refractivity contribution in [3.63, 3.8) is 0 Å². The molecule has 0 heterocycles. The van der Waals surface area contributed by atoms with Crippen LogP contribution < -0.4 is 16.0 Å². The number of amides is 1. The lowest BCUT2D eigenvalue weighted by molar-refractivity contribution is -0.115. The number of hydrogen-bond acceptors (Lipinski definition) is 2. The standard InChI is InChI=1S/C19H23FN4O/c1-14(15-6-4-3-5-7-15)12-22-19(21-2)23-13-18(25)24-17-10-8-16(20)9-11-17/h3-11,14H,12-13H2,1-2H3,(H,24,25)(H2,21,22,23). The summed E-state index contributed by atoms with van der Waals surface area (Å²) in [5.74, 6) is 0.295. The van der Waals surface area contributed by atoms with Gasteiger partial charge in [-0.1, -0.05) is 37.3 Å². The second-order valence-electron chi connectivity index (χ2n) is 5.67. The largest absolute Gasteiger partial charge is 0.356 e. The molecule has 0 saturated heterocycles. The minimum absolute atomic E-state index is 0.0662. The minimum Gasteiger partial charge on any atom is -0.356 e. The Hall–Kier alpha value is -2.89. The van der Waals surface area contributed by atoms with Crippen molar-refractivity contribution in [1.82, 2.24) is 10.6 Å². The maximum atomic E-state index is 12.8. The van der Waals surface area contributed by atoms with Crippen LogP contribution in [0.25, 0.3) is 0 Å². The first-order valence-corrected chi connectivity index (χ1v) is 8.13. The lowest BCUT2D eigenvalue weighted by atomic mass is 10.0. The van der Waals surface area contributed by atoms with Crippen LogP contribution in [0, 0.1) is 5.82 Å². The first kappa shape index (κ1) is 18.4. The van der Waals surface area contributed by atoms with Gasteiger partial charge < -0.3 is 16.0 Å². The maximum Gasteiger partial charge on any atom is 0.243 e. The molecular formula is C19H23FN4O. The second kappa shape index (κ2) is 9.42. The summed E-state index contributed by atoms with van der Waals surface area (Å²) in [6.45, 7) is 2.89. The average Bonchev–Trinajstić information content (AvgIpc) is 2.64. The maximum absolute atomic E-state index is 12.8. The zero-order valence-electron chi connectivity index (χ0n) is 14.4. The molecule has 3 N–H and O–H groups in total. The van der Waals surface area contributed by atoms with E-state index in [-0.39, 0.29) is 18.3 Å². The number of hydrogen-bond donors (Lipinski definition) is 3. The molecule has 0 aliphatic carbocycles. The molecule has 1 amide bonds. The van der Waals surface area contributed by atoms with Gasteiger partial charge in [0, 0.05) is 19.3 Å². The topological polar surface area (TPSA) is 65.5 Å². The van der Waals surface area contributed by atoms with Gasteiger partial charge in [0.15, 0.2) is 5.96 Å². The van der Waals surface area contributed by atoms with E-state index in [1.807, 2.05) is 18.2 Å². The summed E-state index contributed by atoms with van der Waals surface area (Å²) in [5.41, 5.74) is 1.79. The number of nitrogens with zero attached hydrogens (tertiary/aromatic N) is 1. The predicted octanol–water partition coefficient (Wildman–Crippen LogP) is 2.73. The minimum atomic E-state index is -0.340. The fourth-order valence-corrected chi connectivity index (χ4v) is 2.27. The molecule has 2 aromatic rings. The van der Waals surface area contributed by atoms with E-state index >= 15 is 0 Å². The molecule has 6 heteroatoms. The number of carbonyl (C=O) groups is 1. The van der Waals surface area contributed by atoms with Crippen molar-refractivity contribution in [3.05, 3.63) is 66.0 Å². The van der Waals surface area contributed by atoms with Crippen LogP contribution in [-0.2, 0) is 4.79 Å². The highest BCUT2D eigenvalue weighted by Crippen LogP contribution is 2.12. The highest BCUT2D eigenvalue weighted by atomic mass is 19.1. The van der Waals surface area contributed by atoms with Crippen LogP contribution in [0.3, 0.4) is 0 Å². The van der Waals surface area contributed by atoms with E-state index < -0.39 is 0 Å². The van der Waals surface area contributed by atoms with Crippen molar-refractivity contribution < 1.29 is 9.18 Å². The normalized spacial score (nSPS) is 12.4. The quantitative estimate of drug-likeness (QED) is 0.559. The fourth-order valence-electron chi connectivity index (χ4n) is 2.27. The van der Waals surface area contributed by atoms with E-state index in [0.717, 1.165) is 0 Å². The SMILES string of the molecule is CN=C(NCC(=O)Nc1ccc(F)cc1)NCC(C)c1ccccc1. The molecule has 0 bridgehead atoms. The van der Waals surface area contributed by atoms with E-state index in [1.54, 1.807) is 7.05 Å². The first-order chi connectivity index (χ1) is 12.1. The van der Waals surface area contributed by atoms with Crippen molar-refractivity contribution in [2.75, 3.05) is 25.5 Å². The molecule has 132 valence electrons. The monoisotopic (exact) mass is 342 g/mol. The molecule has 2 rings (SSSR count). The molecule has 0 saturated carbocycles. The Morgan fingerprint density at radius 1 is 1.08 bits per heavy atom. The third-order valence-electron chi connectivity index (χ3n) is 3.71. The Bertz CT molecular complexity index is 701. The van der Waals surface area contributed by atoms with Gasteiger partial charge >= 0.3 is 0 Å². The van der Waals surface area contributed by atoms with Crippen LogP contribution in [0.15, 0.2) is 59.6 Å². The number of guanidine groups is 1. The molecule has 1 unspecified atom stereocenters. The molecule has 1 atom stereocenters. The predicted molar refractivity (Wildman–Crippen MR) is 99.3 cm³/mol. The third-order valence-corrected chi connectivity index (χ3v) is 3.71. The van der Waals surface area contributed by atoms with E-state index in [2.05, 4.69) is 40.0 Å². The summed E-state index contributed by atoms with van der Waals surface area (Å²) >= 11 is 0. The lowest BCUT2D eigenvalue weighted by Crippen LogP contribution is -2.42. The highest BCUT2D eigenvalue weighted by Gasteiger charge is 2.08. The van der Waals surface area contributed by atoms with Gasteiger partial charge in [-0.2, -0.15) is 0 Å². The zero-order valence-corrected chi connectivity index (χ0v) is 14.4. The summed E-state index contributed by atoms with van der Waals surface area (Å²) < 4.78 is 12.8. The number of nitrogens with one attached hydrogen (secondary N) is 3. The van der Waals surface area contributed by atoms with Crippen molar-refractivity contribution >= 4 is 17.6 Å². The van der Waals surface area contributed by atoms with Crippen LogP contribution in [-0.4, -0.2) is 32.0 Å². The van der Waals surface area contributed by atoms with Crippen molar-refractivity contribution in [2.24, 2.45) is 4.99 Å². The van der Waals surface area contributed by atoms with Gasteiger partial charge in [0.1, 0.15) is 5.82 Å². The van der Waals surface area contributed by atoms with E-state index in [1.165, 1.54) is 29.8 Å². The number of anilines is 1. The Morgan fingerprint density at radius 3 is 2.40 bits per heavy atom. The average molecular weight is 342 g/mol. The van der Waals surface area contributed by atoms with Gasteiger partial charge in [-0.25, -0.2) is 4.39 Å². The Morgan fingerprint density at radius 2 is 1.76 bits per heavy atom. The molecule has 0 aliphatic heterocycles. The summed E-state index contributed by atoms with van der Waals surface area (Å²) in [6.07, 6.45) is 0. The molecule has 5 nitrogen and oxygen atoms in total. The number of rotatable bonds is 6. The second-order valence-corrected chi connectivity index (χ2v) is 5.67. The van der Waals surface area contributed by atoms with Gasteiger partial charge in [-0.05, 0) is 35.7 Å². The van der Waals surface area contributed by atoms with E-state index in [9.17, 15) is 9.18 Å². The Kier molecular flexibility index (Phi) is 6.95. The van der Waals surface area contributed by atoms with Gasteiger partial charge in [0.05, 0.1) is 6.54 Å². The van der Waals surface area contributed by atoms with Gasteiger partial charge in [0.25, 0.3) is 0 Å². The zero-order chi connectivity index (χ0) is 18.1. The van der Waals surface area contributed by atoms with E-state index in [4.69, 9.17) is 0 Å². The van der Waals surface area contributed by atoms with Crippen LogP contribution in [0.4, 0.5) is 10.1 Å². The third kappa shape index (κ3) is 6.25. The molecule has 25 heavy (non-hydrogen) atoms. The van der Waals surface area contributed by atoms with Crippen molar-refractivity contribution in [2.45, 2.75) is 12.8 Å². The van der Waals surface area contributed by atoms with Crippen LogP contribution >= 0.6 is 0 Å². The molecule has 0 fully saturated rings. The van der Waals surface area contributed by atoms with Crippen LogP contribution in [0.2, 0.25) is 0 Å². The smallest absolute Gasteiger partial charge is 0.243 e. The van der Waals surface area contributed by atoms with Crippen molar-refractivity contribution in [1.29, 1.82) is 0 Å². The summed E-state index contributed by atoms with van der Waals surface area (Å²) in [7, 11) is 1.65. The number of benzene rings is 2. The molecule has 0 spiro atoms. The Labute approximate surface area is 147 Å². The number of halogens is 1. The number of carbonyl (C=O) groups excluding carboxylic acids is 1. The highest BCUT2D eigenvalue weighted by molar-refractivity contribution is 5.94. The molecular weight excluding hydrogens is 319 g/mol. The molecule has 2 aromatic carbocycles. The van der Waals surface area contributed by atoms with Crippen LogP contribution in [0.5, 0.6) is 0 Å². The summed E-state index contributed by atoms with van der Waals surface area (Å²) in [6, 6.07) is 15.8. The molecule has 0 aliphatic rings. The van der Waals surface area contributed by atoms with Gasteiger partial charge in [-0.15, -0.1) is 0 Å². The molecule has 0 radical (unpaired) electrons. The lowest BCUT2D eigenvalue weighted by Gasteiger charge is -2.16. The summed E-state index contributed by atoms with van der Waals surface area (Å²) in [5, 5.41) is 8.85.